The molecule has 4 aromatic rings. The third-order valence-corrected chi connectivity index (χ3v) is 5.27. The van der Waals surface area contributed by atoms with E-state index in [9.17, 15) is 0 Å². The van der Waals surface area contributed by atoms with Gasteiger partial charge >= 0.3 is 0 Å². The van der Waals surface area contributed by atoms with E-state index in [1.807, 2.05) is 39.8 Å². The highest BCUT2D eigenvalue weighted by Crippen LogP contribution is 2.29. The van der Waals surface area contributed by atoms with E-state index in [1.165, 1.54) is 5.57 Å². The zero-order valence-electron chi connectivity index (χ0n) is 17.2. The van der Waals surface area contributed by atoms with Crippen LogP contribution in [0.15, 0.2) is 54.6 Å². The summed E-state index contributed by atoms with van der Waals surface area (Å²) in [7, 11) is 0. The molecule has 152 valence electrons. The molecular weight excluding hydrogens is 376 g/mol. The van der Waals surface area contributed by atoms with Gasteiger partial charge < -0.3 is 4.74 Å². The highest BCUT2D eigenvalue weighted by Gasteiger charge is 2.20. The van der Waals surface area contributed by atoms with E-state index in [0.717, 1.165) is 59.5 Å². The van der Waals surface area contributed by atoms with Gasteiger partial charge in [-0.1, -0.05) is 23.8 Å². The molecule has 0 spiro atoms. The third-order valence-electron chi connectivity index (χ3n) is 5.27. The summed E-state index contributed by atoms with van der Waals surface area (Å²) in [5, 5.41) is 14.1. The van der Waals surface area contributed by atoms with Gasteiger partial charge in [0.15, 0.2) is 11.5 Å². The fourth-order valence-electron chi connectivity index (χ4n) is 3.92. The number of ether oxygens (including phenoxy) is 1. The van der Waals surface area contributed by atoms with Crippen LogP contribution in [0.2, 0.25) is 0 Å². The molecule has 1 fully saturated rings. The number of allylic oxidation sites excluding steroid dienone is 1. The fourth-order valence-corrected chi connectivity index (χ4v) is 3.92. The number of rotatable bonds is 4. The second kappa shape index (κ2) is 7.84. The van der Waals surface area contributed by atoms with E-state index >= 15 is 0 Å². The van der Waals surface area contributed by atoms with Crippen LogP contribution in [0.4, 0.5) is 0 Å². The first-order chi connectivity index (χ1) is 14.7. The highest BCUT2D eigenvalue weighted by molar-refractivity contribution is 5.79. The fraction of sp³-hybridized carbons (Fsp3) is 0.304. The largest absolute Gasteiger partial charge is 0.358 e. The van der Waals surface area contributed by atoms with Crippen LogP contribution in [0.25, 0.3) is 34.2 Å². The number of nitrogens with zero attached hydrogens (tertiary/aromatic N) is 6. The Bertz CT molecular complexity index is 1210. The van der Waals surface area contributed by atoms with Gasteiger partial charge in [-0.15, -0.1) is 10.2 Å². The summed E-state index contributed by atoms with van der Waals surface area (Å²) in [4.78, 5) is 4.66. The SMILES string of the molecule is CC(C)=Cc1cnc2c(cnn2-c2cccc(-c3nncn3C3CCCCO3)c2)c1. The Hall–Kier alpha value is -3.32. The molecule has 1 unspecified atom stereocenters. The summed E-state index contributed by atoms with van der Waals surface area (Å²) in [6.07, 6.45) is 10.8. The highest BCUT2D eigenvalue weighted by atomic mass is 16.5. The molecule has 0 N–H and O–H groups in total. The number of fused-ring (bicyclic) bond motifs is 1. The zero-order chi connectivity index (χ0) is 20.5. The van der Waals surface area contributed by atoms with Gasteiger partial charge in [0.2, 0.25) is 0 Å². The minimum Gasteiger partial charge on any atom is -0.358 e. The van der Waals surface area contributed by atoms with Crippen molar-refractivity contribution in [2.75, 3.05) is 6.61 Å². The van der Waals surface area contributed by atoms with Crippen LogP contribution in [0.3, 0.4) is 0 Å². The van der Waals surface area contributed by atoms with Crippen molar-refractivity contribution in [1.29, 1.82) is 0 Å². The van der Waals surface area contributed by atoms with Crippen molar-refractivity contribution >= 4 is 17.1 Å². The zero-order valence-corrected chi connectivity index (χ0v) is 17.2. The molecule has 3 aromatic heterocycles. The van der Waals surface area contributed by atoms with Crippen LogP contribution < -0.4 is 0 Å². The number of hydrogen-bond donors (Lipinski definition) is 0. The van der Waals surface area contributed by atoms with Gasteiger partial charge in [-0.2, -0.15) is 5.10 Å². The first kappa shape index (κ1) is 18.7. The van der Waals surface area contributed by atoms with Crippen molar-refractivity contribution in [1.82, 2.24) is 29.5 Å². The molecule has 1 aliphatic heterocycles. The molecule has 30 heavy (non-hydrogen) atoms. The smallest absolute Gasteiger partial charge is 0.165 e. The molecule has 0 amide bonds. The standard InChI is InChI=1S/C23H24N6O/c1-16(2)10-17-11-19-14-26-29(22(19)24-13-17)20-7-5-6-18(12-20)23-27-25-15-28(23)21-8-3-4-9-30-21/h5-7,10-15,21H,3-4,8-9H2,1-2H3. The van der Waals surface area contributed by atoms with E-state index in [4.69, 9.17) is 4.74 Å². The summed E-state index contributed by atoms with van der Waals surface area (Å²) >= 11 is 0. The van der Waals surface area contributed by atoms with Crippen molar-refractivity contribution in [3.05, 3.63) is 60.2 Å². The lowest BCUT2D eigenvalue weighted by Gasteiger charge is -2.24. The Kier molecular flexibility index (Phi) is 4.88. The number of aromatic nitrogens is 6. The number of benzene rings is 1. The van der Waals surface area contributed by atoms with Gasteiger partial charge in [0.1, 0.15) is 12.6 Å². The van der Waals surface area contributed by atoms with Crippen molar-refractivity contribution in [3.63, 3.8) is 0 Å². The lowest BCUT2D eigenvalue weighted by molar-refractivity contribution is -0.0311. The maximum atomic E-state index is 5.93. The Morgan fingerprint density at radius 1 is 1.17 bits per heavy atom. The van der Waals surface area contributed by atoms with Crippen LogP contribution in [-0.4, -0.2) is 36.1 Å². The van der Waals surface area contributed by atoms with E-state index < -0.39 is 0 Å². The van der Waals surface area contributed by atoms with Crippen LogP contribution in [0.1, 0.15) is 44.9 Å². The Morgan fingerprint density at radius 2 is 2.10 bits per heavy atom. The number of hydrogen-bond acceptors (Lipinski definition) is 5. The Balaban J connectivity index is 1.52. The van der Waals surface area contributed by atoms with Gasteiger partial charge in [-0.25, -0.2) is 9.67 Å². The molecule has 7 nitrogen and oxygen atoms in total. The average Bonchev–Trinajstić information content (AvgIpc) is 3.41. The number of pyridine rings is 1. The van der Waals surface area contributed by atoms with Crippen LogP contribution >= 0.6 is 0 Å². The first-order valence-electron chi connectivity index (χ1n) is 10.3. The molecule has 1 aliphatic rings. The molecule has 1 atom stereocenters. The van der Waals surface area contributed by atoms with Gasteiger partial charge in [0.05, 0.1) is 11.9 Å². The molecular formula is C23H24N6O. The topological polar surface area (TPSA) is 70.7 Å². The molecule has 0 radical (unpaired) electrons. The Labute approximate surface area is 175 Å². The van der Waals surface area contributed by atoms with Gasteiger partial charge in [0.25, 0.3) is 0 Å². The lowest BCUT2D eigenvalue weighted by atomic mass is 10.1. The predicted octanol–water partition coefficient (Wildman–Crippen LogP) is 4.80. The minimum absolute atomic E-state index is 0.00638. The van der Waals surface area contributed by atoms with Gasteiger partial charge in [-0.3, -0.25) is 4.57 Å². The molecule has 7 heteroatoms. The molecule has 1 aromatic carbocycles. The van der Waals surface area contributed by atoms with Crippen molar-refractivity contribution < 1.29 is 4.74 Å². The third kappa shape index (κ3) is 3.52. The second-order valence-corrected chi connectivity index (χ2v) is 7.89. The molecule has 4 heterocycles. The van der Waals surface area contributed by atoms with Crippen LogP contribution in [-0.2, 0) is 4.74 Å². The molecule has 0 aliphatic carbocycles. The summed E-state index contributed by atoms with van der Waals surface area (Å²) in [6.45, 7) is 4.94. The maximum absolute atomic E-state index is 5.93. The van der Waals surface area contributed by atoms with Crippen molar-refractivity contribution in [3.8, 4) is 17.1 Å². The lowest BCUT2D eigenvalue weighted by Crippen LogP contribution is -2.18. The average molecular weight is 400 g/mol. The first-order valence-corrected chi connectivity index (χ1v) is 10.3. The second-order valence-electron chi connectivity index (χ2n) is 7.89. The summed E-state index contributed by atoms with van der Waals surface area (Å²) < 4.78 is 9.83. The van der Waals surface area contributed by atoms with Crippen molar-refractivity contribution in [2.24, 2.45) is 0 Å². The molecule has 5 rings (SSSR count). The summed E-state index contributed by atoms with van der Waals surface area (Å²) in [5.41, 5.74) is 5.06. The van der Waals surface area contributed by atoms with Crippen LogP contribution in [0, 0.1) is 0 Å². The molecule has 1 saturated heterocycles. The van der Waals surface area contributed by atoms with E-state index in [-0.39, 0.29) is 6.23 Å². The molecule has 0 saturated carbocycles. The normalized spacial score (nSPS) is 16.7. The van der Waals surface area contributed by atoms with E-state index in [2.05, 4.69) is 52.3 Å². The van der Waals surface area contributed by atoms with Crippen molar-refractivity contribution in [2.45, 2.75) is 39.3 Å². The van der Waals surface area contributed by atoms with E-state index in [0.29, 0.717) is 0 Å². The summed E-state index contributed by atoms with van der Waals surface area (Å²) in [5.74, 6) is 0.805. The quantitative estimate of drug-likeness (QED) is 0.492. The predicted molar refractivity (Wildman–Crippen MR) is 116 cm³/mol. The van der Waals surface area contributed by atoms with Gasteiger partial charge in [0, 0.05) is 23.8 Å². The van der Waals surface area contributed by atoms with Gasteiger partial charge in [-0.05, 0) is 56.9 Å². The maximum Gasteiger partial charge on any atom is 0.165 e. The monoisotopic (exact) mass is 400 g/mol. The summed E-state index contributed by atoms with van der Waals surface area (Å²) in [6, 6.07) is 10.3. The van der Waals surface area contributed by atoms with Crippen LogP contribution in [0.5, 0.6) is 0 Å². The van der Waals surface area contributed by atoms with E-state index in [1.54, 1.807) is 6.33 Å². The Morgan fingerprint density at radius 3 is 2.93 bits per heavy atom. The molecule has 0 bridgehead atoms. The minimum atomic E-state index is -0.00638.